The van der Waals surface area contributed by atoms with E-state index < -0.39 is 0 Å². The lowest BCUT2D eigenvalue weighted by molar-refractivity contribution is 1.10. The van der Waals surface area contributed by atoms with E-state index in [0.717, 1.165) is 25.7 Å². The second-order valence-corrected chi connectivity index (χ2v) is 9.39. The average molecular weight is 439 g/mol. The molecule has 0 bridgehead atoms. The molecule has 0 aromatic heterocycles. The van der Waals surface area contributed by atoms with Gasteiger partial charge in [0, 0.05) is 0 Å². The van der Waals surface area contributed by atoms with Gasteiger partial charge in [-0.05, 0) is 92.5 Å². The molecule has 0 saturated heterocycles. The summed E-state index contributed by atoms with van der Waals surface area (Å²) in [6, 6.07) is 29.3. The SMILES string of the molecule is CCc1ccc2c(c1)Cc1c(C3=CC=CC3)c(CC)c(-c3ccccc3)c(-c3ccccc3)c1-2. The monoisotopic (exact) mass is 438 g/mol. The van der Waals surface area contributed by atoms with Crippen LogP contribution in [0.1, 0.15) is 48.1 Å². The molecule has 0 nitrogen and oxygen atoms in total. The first kappa shape index (κ1) is 20.9. The Labute approximate surface area is 203 Å². The zero-order valence-corrected chi connectivity index (χ0v) is 20.1. The van der Waals surface area contributed by atoms with Gasteiger partial charge in [-0.3, -0.25) is 0 Å². The summed E-state index contributed by atoms with van der Waals surface area (Å²) in [7, 11) is 0. The molecule has 4 aromatic carbocycles. The number of rotatable bonds is 5. The van der Waals surface area contributed by atoms with Gasteiger partial charge in [0.25, 0.3) is 0 Å². The highest BCUT2D eigenvalue weighted by Crippen LogP contribution is 2.53. The second kappa shape index (κ2) is 8.61. The Kier molecular flexibility index (Phi) is 5.30. The van der Waals surface area contributed by atoms with Crippen molar-refractivity contribution >= 4 is 5.57 Å². The van der Waals surface area contributed by atoms with Crippen LogP contribution in [0.15, 0.2) is 97.1 Å². The molecule has 0 aliphatic heterocycles. The molecular formula is C34H30. The summed E-state index contributed by atoms with van der Waals surface area (Å²) < 4.78 is 0. The highest BCUT2D eigenvalue weighted by atomic mass is 14.3. The van der Waals surface area contributed by atoms with Gasteiger partial charge in [0.15, 0.2) is 0 Å². The molecule has 2 aliphatic rings. The lowest BCUT2D eigenvalue weighted by Crippen LogP contribution is -2.04. The summed E-state index contributed by atoms with van der Waals surface area (Å²) in [5.41, 5.74) is 17.2. The minimum Gasteiger partial charge on any atom is -0.0801 e. The van der Waals surface area contributed by atoms with Crippen LogP contribution >= 0.6 is 0 Å². The summed E-state index contributed by atoms with van der Waals surface area (Å²) in [6.07, 6.45) is 11.0. The van der Waals surface area contributed by atoms with Gasteiger partial charge in [0.1, 0.15) is 0 Å². The second-order valence-electron chi connectivity index (χ2n) is 9.39. The molecule has 0 heterocycles. The van der Waals surface area contributed by atoms with Gasteiger partial charge in [-0.15, -0.1) is 0 Å². The topological polar surface area (TPSA) is 0 Å². The van der Waals surface area contributed by atoms with E-state index in [1.807, 2.05) is 0 Å². The molecule has 4 aromatic rings. The van der Waals surface area contributed by atoms with Crippen molar-refractivity contribution in [2.24, 2.45) is 0 Å². The molecule has 0 amide bonds. The highest BCUT2D eigenvalue weighted by Gasteiger charge is 2.31. The van der Waals surface area contributed by atoms with Gasteiger partial charge in [-0.25, -0.2) is 0 Å². The summed E-state index contributed by atoms with van der Waals surface area (Å²) in [4.78, 5) is 0. The van der Waals surface area contributed by atoms with Gasteiger partial charge < -0.3 is 0 Å². The third-order valence-corrected chi connectivity index (χ3v) is 7.49. The zero-order chi connectivity index (χ0) is 23.1. The van der Waals surface area contributed by atoms with Crippen LogP contribution in [0.3, 0.4) is 0 Å². The van der Waals surface area contributed by atoms with Crippen LogP contribution < -0.4 is 0 Å². The van der Waals surface area contributed by atoms with Gasteiger partial charge in [-0.1, -0.05) is 111 Å². The van der Waals surface area contributed by atoms with Crippen LogP contribution in [0.2, 0.25) is 0 Å². The normalized spacial score (nSPS) is 13.6. The molecule has 34 heavy (non-hydrogen) atoms. The van der Waals surface area contributed by atoms with Crippen molar-refractivity contribution in [1.29, 1.82) is 0 Å². The Hall–Kier alpha value is -3.64. The first-order chi connectivity index (χ1) is 16.8. The molecule has 0 fully saturated rings. The average Bonchev–Trinajstić information content (AvgIpc) is 3.56. The first-order valence-corrected chi connectivity index (χ1v) is 12.6. The van der Waals surface area contributed by atoms with Crippen LogP contribution in [0.25, 0.3) is 39.0 Å². The van der Waals surface area contributed by atoms with Crippen LogP contribution in [-0.2, 0) is 19.3 Å². The van der Waals surface area contributed by atoms with E-state index >= 15 is 0 Å². The molecule has 0 saturated carbocycles. The van der Waals surface area contributed by atoms with Crippen LogP contribution in [0.4, 0.5) is 0 Å². The number of allylic oxidation sites excluding steroid dienone is 4. The summed E-state index contributed by atoms with van der Waals surface area (Å²) >= 11 is 0. The molecule has 0 atom stereocenters. The van der Waals surface area contributed by atoms with Crippen molar-refractivity contribution in [2.75, 3.05) is 0 Å². The Balaban J connectivity index is 1.78. The smallest absolute Gasteiger partial charge is 0.000696 e. The number of benzene rings is 4. The Morgan fingerprint density at radius 1 is 0.676 bits per heavy atom. The predicted octanol–water partition coefficient (Wildman–Crippen LogP) is 9.06. The molecule has 0 N–H and O–H groups in total. The zero-order valence-electron chi connectivity index (χ0n) is 20.1. The molecule has 166 valence electrons. The highest BCUT2D eigenvalue weighted by molar-refractivity contribution is 6.03. The maximum Gasteiger partial charge on any atom is -0.000696 e. The van der Waals surface area contributed by atoms with Gasteiger partial charge in [-0.2, -0.15) is 0 Å². The van der Waals surface area contributed by atoms with E-state index in [4.69, 9.17) is 0 Å². The molecule has 0 spiro atoms. The maximum atomic E-state index is 2.45. The van der Waals surface area contributed by atoms with Crippen molar-refractivity contribution in [3.05, 3.63) is 125 Å². The maximum absolute atomic E-state index is 2.45. The number of hydrogen-bond acceptors (Lipinski definition) is 0. The summed E-state index contributed by atoms with van der Waals surface area (Å²) in [6.45, 7) is 4.58. The molecule has 0 radical (unpaired) electrons. The van der Waals surface area contributed by atoms with Crippen LogP contribution in [0, 0.1) is 0 Å². The molecule has 0 unspecified atom stereocenters. The molecule has 0 heteroatoms. The molecular weight excluding hydrogens is 408 g/mol. The van der Waals surface area contributed by atoms with Gasteiger partial charge >= 0.3 is 0 Å². The van der Waals surface area contributed by atoms with Crippen molar-refractivity contribution in [3.8, 4) is 33.4 Å². The van der Waals surface area contributed by atoms with E-state index in [1.54, 1.807) is 0 Å². The largest absolute Gasteiger partial charge is 0.0801 e. The van der Waals surface area contributed by atoms with E-state index in [9.17, 15) is 0 Å². The first-order valence-electron chi connectivity index (χ1n) is 12.6. The quantitative estimate of drug-likeness (QED) is 0.257. The van der Waals surface area contributed by atoms with E-state index in [1.165, 1.54) is 66.8 Å². The van der Waals surface area contributed by atoms with E-state index in [-0.39, 0.29) is 0 Å². The van der Waals surface area contributed by atoms with Gasteiger partial charge in [0.2, 0.25) is 0 Å². The van der Waals surface area contributed by atoms with Crippen LogP contribution in [-0.4, -0.2) is 0 Å². The molecule has 6 rings (SSSR count). The third kappa shape index (κ3) is 3.29. The number of aryl methyl sites for hydroxylation is 1. The Morgan fingerprint density at radius 3 is 2.00 bits per heavy atom. The lowest BCUT2D eigenvalue weighted by atomic mass is 9.78. The Bertz CT molecular complexity index is 1430. The standard InChI is InChI=1S/C34H30/c1-3-23-19-20-29-27(21-23)22-30-31(24-17-11-12-18-24)28(4-2)32(25-13-7-5-8-14-25)33(34(29)30)26-15-9-6-10-16-26/h5-17,19-21H,3-4,18,22H2,1-2H3. The number of hydrogen-bond donors (Lipinski definition) is 0. The molecule has 2 aliphatic carbocycles. The van der Waals surface area contributed by atoms with Crippen molar-refractivity contribution in [3.63, 3.8) is 0 Å². The van der Waals surface area contributed by atoms with Gasteiger partial charge in [0.05, 0.1) is 0 Å². The predicted molar refractivity (Wildman–Crippen MR) is 146 cm³/mol. The Morgan fingerprint density at radius 2 is 1.38 bits per heavy atom. The fourth-order valence-corrected chi connectivity index (χ4v) is 5.97. The minimum atomic E-state index is 1.01. The van der Waals surface area contributed by atoms with E-state index in [2.05, 4.69) is 111 Å². The third-order valence-electron chi connectivity index (χ3n) is 7.49. The van der Waals surface area contributed by atoms with Crippen molar-refractivity contribution < 1.29 is 0 Å². The van der Waals surface area contributed by atoms with Crippen molar-refractivity contribution in [1.82, 2.24) is 0 Å². The minimum absolute atomic E-state index is 1.01. The van der Waals surface area contributed by atoms with Crippen molar-refractivity contribution in [2.45, 2.75) is 39.5 Å². The van der Waals surface area contributed by atoms with Crippen LogP contribution in [0.5, 0.6) is 0 Å². The fourth-order valence-electron chi connectivity index (χ4n) is 5.97. The lowest BCUT2D eigenvalue weighted by Gasteiger charge is -2.25. The fraction of sp³-hybridized carbons (Fsp3) is 0.176. The van der Waals surface area contributed by atoms with E-state index in [0.29, 0.717) is 0 Å². The number of fused-ring (bicyclic) bond motifs is 3. The summed E-state index contributed by atoms with van der Waals surface area (Å²) in [5.74, 6) is 0. The summed E-state index contributed by atoms with van der Waals surface area (Å²) in [5, 5.41) is 0.